The molecule has 1 unspecified atom stereocenters. The van der Waals surface area contributed by atoms with E-state index in [9.17, 15) is 14.0 Å². The molecule has 4 heterocycles. The summed E-state index contributed by atoms with van der Waals surface area (Å²) in [7, 11) is 0. The number of hydrogen-bond acceptors (Lipinski definition) is 6. The van der Waals surface area contributed by atoms with Gasteiger partial charge in [-0.25, -0.2) is 4.39 Å². The van der Waals surface area contributed by atoms with Crippen LogP contribution in [0.15, 0.2) is 42.6 Å². The minimum absolute atomic E-state index is 0.126. The summed E-state index contributed by atoms with van der Waals surface area (Å²) in [6.07, 6.45) is 4.55. The van der Waals surface area contributed by atoms with E-state index in [4.69, 9.17) is 16.3 Å². The SMILES string of the molecule is CCCCN1C(=O)c2c(nc(Oc3cccc(F)c3)n2Cc2ccc(Cl)cn2)N2CCCC2C1=O. The molecule has 1 aromatic carbocycles. The number of hydrogen-bond donors (Lipinski definition) is 0. The van der Waals surface area contributed by atoms with Crippen molar-refractivity contribution in [1.29, 1.82) is 0 Å². The van der Waals surface area contributed by atoms with Crippen molar-refractivity contribution in [3.63, 3.8) is 0 Å². The number of carbonyl (C=O) groups is 2. The molecule has 182 valence electrons. The van der Waals surface area contributed by atoms with Gasteiger partial charge in [0.1, 0.15) is 17.6 Å². The van der Waals surface area contributed by atoms with E-state index in [1.807, 2.05) is 11.8 Å². The zero-order valence-electron chi connectivity index (χ0n) is 19.3. The van der Waals surface area contributed by atoms with Crippen LogP contribution >= 0.6 is 11.6 Å². The molecule has 1 atom stereocenters. The predicted octanol–water partition coefficient (Wildman–Crippen LogP) is 4.66. The first-order valence-corrected chi connectivity index (χ1v) is 12.1. The molecule has 3 aromatic rings. The number of halogens is 2. The number of ether oxygens (including phenoxy) is 1. The summed E-state index contributed by atoms with van der Waals surface area (Å²) < 4.78 is 21.5. The summed E-state index contributed by atoms with van der Waals surface area (Å²) in [5.41, 5.74) is 0.891. The van der Waals surface area contributed by atoms with Crippen LogP contribution in [-0.2, 0) is 11.3 Å². The number of benzene rings is 1. The summed E-state index contributed by atoms with van der Waals surface area (Å²) in [6, 6.07) is 8.87. The summed E-state index contributed by atoms with van der Waals surface area (Å²) in [4.78, 5) is 39.5. The Morgan fingerprint density at radius 1 is 1.23 bits per heavy atom. The average molecular weight is 498 g/mol. The molecule has 2 aliphatic rings. The molecule has 0 aliphatic carbocycles. The Labute approximate surface area is 207 Å². The Hall–Kier alpha value is -3.46. The Kier molecular flexibility index (Phi) is 6.42. The number of fused-ring (bicyclic) bond motifs is 3. The normalized spacial score (nSPS) is 17.4. The van der Waals surface area contributed by atoms with Crippen molar-refractivity contribution in [2.75, 3.05) is 18.0 Å². The molecule has 0 N–H and O–H groups in total. The molecule has 0 spiro atoms. The minimum Gasteiger partial charge on any atom is -0.425 e. The fourth-order valence-electron chi connectivity index (χ4n) is 4.57. The van der Waals surface area contributed by atoms with Crippen molar-refractivity contribution in [1.82, 2.24) is 19.4 Å². The van der Waals surface area contributed by atoms with Crippen LogP contribution < -0.4 is 9.64 Å². The summed E-state index contributed by atoms with van der Waals surface area (Å²) >= 11 is 6.00. The molecule has 10 heteroatoms. The van der Waals surface area contributed by atoms with Crippen LogP contribution in [0.2, 0.25) is 5.02 Å². The average Bonchev–Trinajstić information content (AvgIpc) is 3.44. The van der Waals surface area contributed by atoms with Gasteiger partial charge in [0.05, 0.1) is 17.3 Å². The zero-order valence-corrected chi connectivity index (χ0v) is 20.0. The number of imide groups is 1. The number of unbranched alkanes of at least 4 members (excludes halogenated alkanes) is 1. The van der Waals surface area contributed by atoms with E-state index in [2.05, 4.69) is 9.97 Å². The minimum atomic E-state index is -0.450. The molecule has 0 saturated carbocycles. The van der Waals surface area contributed by atoms with Gasteiger partial charge in [0.15, 0.2) is 11.5 Å². The van der Waals surface area contributed by atoms with E-state index < -0.39 is 17.8 Å². The molecule has 2 amide bonds. The van der Waals surface area contributed by atoms with E-state index >= 15 is 0 Å². The predicted molar refractivity (Wildman–Crippen MR) is 128 cm³/mol. The van der Waals surface area contributed by atoms with Crippen LogP contribution in [-0.4, -0.2) is 50.4 Å². The van der Waals surface area contributed by atoms with Crippen LogP contribution in [0.5, 0.6) is 11.8 Å². The molecule has 1 saturated heterocycles. The number of rotatable bonds is 7. The van der Waals surface area contributed by atoms with E-state index in [-0.39, 0.29) is 29.9 Å². The van der Waals surface area contributed by atoms with Crippen LogP contribution in [0.3, 0.4) is 0 Å². The lowest BCUT2D eigenvalue weighted by atomic mass is 10.2. The van der Waals surface area contributed by atoms with Crippen LogP contribution in [0.25, 0.3) is 0 Å². The molecule has 2 aliphatic heterocycles. The number of anilines is 1. The van der Waals surface area contributed by atoms with Gasteiger partial charge in [-0.2, -0.15) is 4.98 Å². The lowest BCUT2D eigenvalue weighted by Gasteiger charge is -2.25. The zero-order chi connectivity index (χ0) is 24.5. The number of amides is 2. The summed E-state index contributed by atoms with van der Waals surface area (Å²) in [5.74, 6) is -0.398. The molecular formula is C25H25ClFN5O3. The van der Waals surface area contributed by atoms with Gasteiger partial charge >= 0.3 is 6.01 Å². The highest BCUT2D eigenvalue weighted by Crippen LogP contribution is 2.37. The fourth-order valence-corrected chi connectivity index (χ4v) is 4.68. The molecule has 2 aromatic heterocycles. The highest BCUT2D eigenvalue weighted by molar-refractivity contribution is 6.30. The van der Waals surface area contributed by atoms with E-state index in [1.54, 1.807) is 22.8 Å². The summed E-state index contributed by atoms with van der Waals surface area (Å²) in [6.45, 7) is 3.11. The second-order valence-corrected chi connectivity index (χ2v) is 9.12. The maximum Gasteiger partial charge on any atom is 0.304 e. The molecule has 35 heavy (non-hydrogen) atoms. The smallest absolute Gasteiger partial charge is 0.304 e. The molecule has 0 bridgehead atoms. The first kappa shape index (κ1) is 23.3. The lowest BCUT2D eigenvalue weighted by molar-refractivity contribution is -0.129. The monoisotopic (exact) mass is 497 g/mol. The van der Waals surface area contributed by atoms with E-state index in [0.29, 0.717) is 42.5 Å². The lowest BCUT2D eigenvalue weighted by Crippen LogP contribution is -2.46. The largest absolute Gasteiger partial charge is 0.425 e. The van der Waals surface area contributed by atoms with Gasteiger partial charge in [-0.1, -0.05) is 31.0 Å². The third-order valence-electron chi connectivity index (χ3n) is 6.29. The quantitative estimate of drug-likeness (QED) is 0.441. The Bertz CT molecular complexity index is 1260. The van der Waals surface area contributed by atoms with Crippen LogP contribution in [0.1, 0.15) is 48.8 Å². The van der Waals surface area contributed by atoms with Gasteiger partial charge < -0.3 is 9.64 Å². The standard InChI is InChI=1S/C25H25ClFN5O3/c1-2-3-11-31-23(33)20-8-5-12-30(20)22-21(24(31)34)32(15-18-10-9-16(26)14-28-18)25(29-22)35-19-7-4-6-17(27)13-19/h4,6-7,9-10,13-14,20H,2-3,5,8,11-12,15H2,1H3. The van der Waals surface area contributed by atoms with Gasteiger partial charge in [-0.15, -0.1) is 0 Å². The van der Waals surface area contributed by atoms with Crippen molar-refractivity contribution >= 4 is 29.2 Å². The van der Waals surface area contributed by atoms with Crippen LogP contribution in [0, 0.1) is 5.82 Å². The van der Waals surface area contributed by atoms with Crippen molar-refractivity contribution in [3.8, 4) is 11.8 Å². The van der Waals surface area contributed by atoms with Crippen molar-refractivity contribution in [2.45, 2.75) is 45.2 Å². The topological polar surface area (TPSA) is 80.6 Å². The number of aromatic nitrogens is 3. The Morgan fingerprint density at radius 3 is 2.83 bits per heavy atom. The molecule has 5 rings (SSSR count). The fraction of sp³-hybridized carbons (Fsp3) is 0.360. The second-order valence-electron chi connectivity index (χ2n) is 8.68. The number of imidazole rings is 1. The van der Waals surface area contributed by atoms with Gasteiger partial charge in [-0.05, 0) is 43.5 Å². The van der Waals surface area contributed by atoms with E-state index in [1.165, 1.54) is 29.3 Å². The molecule has 8 nitrogen and oxygen atoms in total. The maximum absolute atomic E-state index is 13.9. The number of carbonyl (C=O) groups excluding carboxylic acids is 2. The van der Waals surface area contributed by atoms with E-state index in [0.717, 1.165) is 12.8 Å². The second kappa shape index (κ2) is 9.65. The maximum atomic E-state index is 13.9. The number of pyridine rings is 1. The van der Waals surface area contributed by atoms with Gasteiger partial charge in [0.25, 0.3) is 11.8 Å². The van der Waals surface area contributed by atoms with Crippen molar-refractivity contribution in [2.24, 2.45) is 0 Å². The first-order chi connectivity index (χ1) is 17.0. The highest BCUT2D eigenvalue weighted by atomic mass is 35.5. The van der Waals surface area contributed by atoms with Crippen molar-refractivity contribution in [3.05, 3.63) is 64.8 Å². The Morgan fingerprint density at radius 2 is 2.09 bits per heavy atom. The molecular weight excluding hydrogens is 473 g/mol. The van der Waals surface area contributed by atoms with Crippen LogP contribution in [0.4, 0.5) is 10.2 Å². The third kappa shape index (κ3) is 4.48. The highest BCUT2D eigenvalue weighted by Gasteiger charge is 2.45. The van der Waals surface area contributed by atoms with Gasteiger partial charge in [0, 0.05) is 25.4 Å². The number of nitrogens with zero attached hydrogens (tertiary/aromatic N) is 5. The Balaban J connectivity index is 1.65. The van der Waals surface area contributed by atoms with Gasteiger partial charge in [0.2, 0.25) is 0 Å². The summed E-state index contributed by atoms with van der Waals surface area (Å²) in [5, 5.41) is 0.488. The molecule has 0 radical (unpaired) electrons. The van der Waals surface area contributed by atoms with Gasteiger partial charge in [-0.3, -0.25) is 24.0 Å². The molecule has 1 fully saturated rings. The van der Waals surface area contributed by atoms with Crippen molar-refractivity contribution < 1.29 is 18.7 Å². The first-order valence-electron chi connectivity index (χ1n) is 11.7. The third-order valence-corrected chi connectivity index (χ3v) is 6.51.